The lowest BCUT2D eigenvalue weighted by Crippen LogP contribution is -2.16. The summed E-state index contributed by atoms with van der Waals surface area (Å²) in [5, 5.41) is 0.715. The molecular weight excluding hydrogens is 491 g/mol. The van der Waals surface area contributed by atoms with E-state index in [2.05, 4.69) is 15.9 Å². The molecule has 3 nitrogen and oxygen atoms in total. The van der Waals surface area contributed by atoms with E-state index in [1.54, 1.807) is 42.5 Å². The minimum atomic E-state index is -4.42. The largest absolute Gasteiger partial charge is 0.416 e. The molecule has 0 spiro atoms. The van der Waals surface area contributed by atoms with Crippen molar-refractivity contribution in [1.29, 1.82) is 0 Å². The van der Waals surface area contributed by atoms with Crippen LogP contribution in [0.1, 0.15) is 22.4 Å². The number of aromatic nitrogens is 1. The normalized spacial score (nSPS) is 12.4. The van der Waals surface area contributed by atoms with Gasteiger partial charge in [0, 0.05) is 22.0 Å². The van der Waals surface area contributed by atoms with Crippen molar-refractivity contribution in [2.75, 3.05) is 0 Å². The molecule has 0 aliphatic rings. The zero-order chi connectivity index (χ0) is 22.4. The smallest absolute Gasteiger partial charge is 0.238 e. The van der Waals surface area contributed by atoms with Crippen molar-refractivity contribution in [1.82, 2.24) is 3.97 Å². The van der Waals surface area contributed by atoms with Crippen molar-refractivity contribution in [2.24, 2.45) is 0 Å². The van der Waals surface area contributed by atoms with E-state index in [1.807, 2.05) is 13.0 Å². The molecule has 1 aromatic heterocycles. The second-order valence-corrected chi connectivity index (χ2v) is 10.00. The Bertz CT molecular complexity index is 1360. The van der Waals surface area contributed by atoms with Crippen LogP contribution in [0.5, 0.6) is 0 Å². The van der Waals surface area contributed by atoms with Gasteiger partial charge in [-0.2, -0.15) is 13.2 Å². The number of hydrogen-bond donors (Lipinski definition) is 0. The quantitative estimate of drug-likeness (QED) is 0.313. The molecule has 31 heavy (non-hydrogen) atoms. The zero-order valence-corrected chi connectivity index (χ0v) is 18.7. The van der Waals surface area contributed by atoms with E-state index in [0.717, 1.165) is 22.2 Å². The molecule has 4 aromatic rings. The molecule has 0 aliphatic heterocycles. The molecule has 0 radical (unpaired) electrons. The SMILES string of the molecule is Cc1ccc(S(=O)(=O)n2c(Cc3ccc(C(F)(F)F)cc3)cc3cc(Br)ccc32)cc1. The summed E-state index contributed by atoms with van der Waals surface area (Å²) in [6.45, 7) is 1.87. The van der Waals surface area contributed by atoms with Gasteiger partial charge in [-0.3, -0.25) is 0 Å². The number of halogens is 4. The van der Waals surface area contributed by atoms with Gasteiger partial charge < -0.3 is 0 Å². The maximum absolute atomic E-state index is 13.5. The van der Waals surface area contributed by atoms with Crippen LogP contribution in [-0.2, 0) is 22.6 Å². The predicted molar refractivity (Wildman–Crippen MR) is 118 cm³/mol. The molecule has 0 N–H and O–H groups in total. The lowest BCUT2D eigenvalue weighted by molar-refractivity contribution is -0.137. The van der Waals surface area contributed by atoms with E-state index in [0.29, 0.717) is 22.2 Å². The van der Waals surface area contributed by atoms with Crippen LogP contribution in [0, 0.1) is 6.92 Å². The summed E-state index contributed by atoms with van der Waals surface area (Å²) in [6, 6.07) is 18.4. The molecule has 3 aromatic carbocycles. The number of alkyl halides is 3. The average Bonchev–Trinajstić information content (AvgIpc) is 3.05. The highest BCUT2D eigenvalue weighted by Crippen LogP contribution is 2.31. The molecule has 0 fully saturated rings. The lowest BCUT2D eigenvalue weighted by atomic mass is 10.1. The third-order valence-electron chi connectivity index (χ3n) is 5.02. The zero-order valence-electron chi connectivity index (χ0n) is 16.3. The summed E-state index contributed by atoms with van der Waals surface area (Å²) in [7, 11) is -3.91. The van der Waals surface area contributed by atoms with Crippen LogP contribution in [0.25, 0.3) is 10.9 Å². The van der Waals surface area contributed by atoms with Gasteiger partial charge in [0.15, 0.2) is 0 Å². The summed E-state index contributed by atoms with van der Waals surface area (Å²) >= 11 is 3.40. The standard InChI is InChI=1S/C23H17BrF3NO2S/c1-15-2-9-21(10-3-15)31(29,30)28-20(14-17-13-19(24)8-11-22(17)28)12-16-4-6-18(7-5-16)23(25,26)27/h2-11,13-14H,12H2,1H3. The van der Waals surface area contributed by atoms with Gasteiger partial charge in [-0.05, 0) is 61.0 Å². The van der Waals surface area contributed by atoms with Crippen molar-refractivity contribution in [3.8, 4) is 0 Å². The Labute approximate surface area is 186 Å². The van der Waals surface area contributed by atoms with E-state index in [-0.39, 0.29) is 11.3 Å². The van der Waals surface area contributed by atoms with Crippen LogP contribution in [-0.4, -0.2) is 12.4 Å². The predicted octanol–water partition coefficient (Wildman–Crippen LogP) is 6.56. The third kappa shape index (κ3) is 4.27. The van der Waals surface area contributed by atoms with Crippen molar-refractivity contribution in [3.63, 3.8) is 0 Å². The van der Waals surface area contributed by atoms with Crippen molar-refractivity contribution < 1.29 is 21.6 Å². The molecule has 0 saturated heterocycles. The van der Waals surface area contributed by atoms with E-state index >= 15 is 0 Å². The van der Waals surface area contributed by atoms with E-state index in [1.165, 1.54) is 16.1 Å². The maximum atomic E-state index is 13.5. The Morgan fingerprint density at radius 1 is 0.903 bits per heavy atom. The molecule has 0 amide bonds. The monoisotopic (exact) mass is 507 g/mol. The molecular formula is C23H17BrF3NO2S. The van der Waals surface area contributed by atoms with Gasteiger partial charge in [0.05, 0.1) is 16.0 Å². The van der Waals surface area contributed by atoms with Gasteiger partial charge in [-0.25, -0.2) is 12.4 Å². The maximum Gasteiger partial charge on any atom is 0.416 e. The van der Waals surface area contributed by atoms with Gasteiger partial charge >= 0.3 is 6.18 Å². The topological polar surface area (TPSA) is 39.1 Å². The van der Waals surface area contributed by atoms with E-state index < -0.39 is 21.8 Å². The summed E-state index contributed by atoms with van der Waals surface area (Å²) in [4.78, 5) is 0.146. The molecule has 8 heteroatoms. The number of benzene rings is 3. The molecule has 0 atom stereocenters. The fourth-order valence-corrected chi connectivity index (χ4v) is 5.38. The number of hydrogen-bond acceptors (Lipinski definition) is 2. The minimum Gasteiger partial charge on any atom is -0.238 e. The third-order valence-corrected chi connectivity index (χ3v) is 7.29. The Kier molecular flexibility index (Phi) is 5.47. The van der Waals surface area contributed by atoms with Gasteiger partial charge in [0.2, 0.25) is 0 Å². The molecule has 0 saturated carbocycles. The van der Waals surface area contributed by atoms with Crippen molar-refractivity contribution in [3.05, 3.63) is 99.7 Å². The van der Waals surface area contributed by atoms with Crippen LogP contribution < -0.4 is 0 Å². The Morgan fingerprint density at radius 3 is 2.16 bits per heavy atom. The first-order chi connectivity index (χ1) is 14.6. The molecule has 0 bridgehead atoms. The van der Waals surface area contributed by atoms with Crippen LogP contribution in [0.2, 0.25) is 0 Å². The number of aryl methyl sites for hydroxylation is 1. The highest BCUT2D eigenvalue weighted by molar-refractivity contribution is 9.10. The lowest BCUT2D eigenvalue weighted by Gasteiger charge is -2.13. The van der Waals surface area contributed by atoms with Gasteiger partial charge in [0.25, 0.3) is 10.0 Å². The molecule has 160 valence electrons. The Hall–Kier alpha value is -2.58. The number of rotatable bonds is 4. The fraction of sp³-hybridized carbons (Fsp3) is 0.130. The van der Waals surface area contributed by atoms with Crippen LogP contribution in [0.15, 0.2) is 82.2 Å². The van der Waals surface area contributed by atoms with Crippen LogP contribution in [0.3, 0.4) is 0 Å². The molecule has 1 heterocycles. The van der Waals surface area contributed by atoms with E-state index in [4.69, 9.17) is 0 Å². The van der Waals surface area contributed by atoms with Crippen LogP contribution in [0.4, 0.5) is 13.2 Å². The average molecular weight is 508 g/mol. The van der Waals surface area contributed by atoms with Gasteiger partial charge in [-0.15, -0.1) is 0 Å². The number of fused-ring (bicyclic) bond motifs is 1. The summed E-state index contributed by atoms with van der Waals surface area (Å²) < 4.78 is 67.7. The first-order valence-corrected chi connectivity index (χ1v) is 11.6. The van der Waals surface area contributed by atoms with Gasteiger partial charge in [-0.1, -0.05) is 45.8 Å². The summed E-state index contributed by atoms with van der Waals surface area (Å²) in [6.07, 6.45) is -4.26. The first kappa shape index (κ1) is 21.6. The first-order valence-electron chi connectivity index (χ1n) is 9.34. The summed E-state index contributed by atoms with van der Waals surface area (Å²) in [5.74, 6) is 0. The Balaban J connectivity index is 1.85. The minimum absolute atomic E-state index is 0.146. The van der Waals surface area contributed by atoms with Crippen molar-refractivity contribution >= 4 is 36.9 Å². The fourth-order valence-electron chi connectivity index (χ4n) is 3.46. The van der Waals surface area contributed by atoms with Crippen LogP contribution >= 0.6 is 15.9 Å². The molecule has 0 aliphatic carbocycles. The second-order valence-electron chi connectivity index (χ2n) is 7.29. The molecule has 4 rings (SSSR count). The highest BCUT2D eigenvalue weighted by atomic mass is 79.9. The summed E-state index contributed by atoms with van der Waals surface area (Å²) in [5.41, 5.74) is 1.74. The number of nitrogens with zero attached hydrogens (tertiary/aromatic N) is 1. The van der Waals surface area contributed by atoms with Gasteiger partial charge in [0.1, 0.15) is 0 Å². The van der Waals surface area contributed by atoms with E-state index in [9.17, 15) is 21.6 Å². The molecule has 0 unspecified atom stereocenters. The highest BCUT2D eigenvalue weighted by Gasteiger charge is 2.30. The second kappa shape index (κ2) is 7.84. The van der Waals surface area contributed by atoms with Crippen molar-refractivity contribution in [2.45, 2.75) is 24.4 Å². The Morgan fingerprint density at radius 2 is 1.55 bits per heavy atom.